The molecule has 0 aliphatic carbocycles. The Morgan fingerprint density at radius 1 is 1.50 bits per heavy atom. The van der Waals surface area contributed by atoms with Crippen molar-refractivity contribution in [1.29, 1.82) is 0 Å². The number of hydrogen-bond donors (Lipinski definition) is 0. The quantitative estimate of drug-likeness (QED) is 0.796. The first-order valence-electron chi connectivity index (χ1n) is 5.86. The highest BCUT2D eigenvalue weighted by Gasteiger charge is 2.34. The third kappa shape index (κ3) is 3.40. The van der Waals surface area contributed by atoms with E-state index >= 15 is 0 Å². The molecule has 1 unspecified atom stereocenters. The van der Waals surface area contributed by atoms with E-state index in [1.54, 1.807) is 18.2 Å². The van der Waals surface area contributed by atoms with Crippen molar-refractivity contribution >= 4 is 33.4 Å². The number of nitrogens with zero attached hydrogens (tertiary/aromatic N) is 1. The minimum absolute atomic E-state index is 0.0151. The number of carbonyl (C=O) groups excluding carboxylic acids is 1. The Bertz CT molecular complexity index is 634. The van der Waals surface area contributed by atoms with Crippen LogP contribution in [0, 0.1) is 5.92 Å². The van der Waals surface area contributed by atoms with Crippen LogP contribution >= 0.6 is 11.6 Å². The van der Waals surface area contributed by atoms with Gasteiger partial charge in [0.25, 0.3) is 0 Å². The predicted octanol–water partition coefficient (Wildman–Crippen LogP) is 2.00. The van der Waals surface area contributed by atoms with Gasteiger partial charge >= 0.3 is 10.2 Å². The van der Waals surface area contributed by atoms with Crippen LogP contribution in [0.2, 0.25) is 5.02 Å². The van der Waals surface area contributed by atoms with E-state index < -0.39 is 21.9 Å². The highest BCUT2D eigenvalue weighted by atomic mass is 35.5. The SMILES string of the molecule is COc1ccc(Cl)cc1N1CC(CS(=O)(=O)F)CC1=O. The summed E-state index contributed by atoms with van der Waals surface area (Å²) in [6.07, 6.45) is -0.0151. The van der Waals surface area contributed by atoms with Crippen molar-refractivity contribution < 1.29 is 21.8 Å². The Kier molecular flexibility index (Phi) is 4.19. The van der Waals surface area contributed by atoms with Gasteiger partial charge in [-0.1, -0.05) is 11.6 Å². The van der Waals surface area contributed by atoms with E-state index in [2.05, 4.69) is 0 Å². The van der Waals surface area contributed by atoms with E-state index in [1.807, 2.05) is 0 Å². The molecule has 0 spiro atoms. The highest BCUT2D eigenvalue weighted by Crippen LogP contribution is 2.35. The molecule has 1 atom stereocenters. The summed E-state index contributed by atoms with van der Waals surface area (Å²) in [5, 5.41) is 0.426. The van der Waals surface area contributed by atoms with Gasteiger partial charge in [-0.25, -0.2) is 0 Å². The van der Waals surface area contributed by atoms with Crippen molar-refractivity contribution in [3.05, 3.63) is 23.2 Å². The summed E-state index contributed by atoms with van der Waals surface area (Å²) in [6, 6.07) is 4.79. The third-order valence-electron chi connectivity index (χ3n) is 3.07. The van der Waals surface area contributed by atoms with Gasteiger partial charge in [-0.15, -0.1) is 3.89 Å². The molecular weight excluding hydrogens is 309 g/mol. The summed E-state index contributed by atoms with van der Waals surface area (Å²) in [6.45, 7) is 0.124. The molecule has 8 heteroatoms. The van der Waals surface area contributed by atoms with Crippen LogP contribution in [0.25, 0.3) is 0 Å². The smallest absolute Gasteiger partial charge is 0.302 e. The summed E-state index contributed by atoms with van der Waals surface area (Å²) in [7, 11) is -3.14. The number of methoxy groups -OCH3 is 1. The van der Waals surface area contributed by atoms with E-state index in [0.717, 1.165) is 0 Å². The fourth-order valence-corrected chi connectivity index (χ4v) is 3.23. The zero-order valence-corrected chi connectivity index (χ0v) is 12.2. The molecule has 1 aromatic rings. The van der Waals surface area contributed by atoms with Crippen molar-refractivity contribution in [2.75, 3.05) is 24.3 Å². The summed E-state index contributed by atoms with van der Waals surface area (Å²) >= 11 is 5.89. The second-order valence-electron chi connectivity index (χ2n) is 4.60. The zero-order valence-electron chi connectivity index (χ0n) is 10.7. The summed E-state index contributed by atoms with van der Waals surface area (Å²) < 4.78 is 39.2. The summed E-state index contributed by atoms with van der Waals surface area (Å²) in [5.74, 6) is -1.05. The fraction of sp³-hybridized carbons (Fsp3) is 0.417. The normalized spacial score (nSPS) is 19.4. The number of rotatable bonds is 4. The molecule has 1 fully saturated rings. The Morgan fingerprint density at radius 3 is 2.80 bits per heavy atom. The van der Waals surface area contributed by atoms with Crippen LogP contribution < -0.4 is 9.64 Å². The molecule has 5 nitrogen and oxygen atoms in total. The standard InChI is InChI=1S/C12H13ClFNO4S/c1-19-11-3-2-9(13)5-10(11)15-6-8(4-12(15)16)7-20(14,17)18/h2-3,5,8H,4,6-7H2,1H3. The van der Waals surface area contributed by atoms with Crippen molar-refractivity contribution in [3.8, 4) is 5.75 Å². The zero-order chi connectivity index (χ0) is 14.9. The van der Waals surface area contributed by atoms with Crippen molar-refractivity contribution in [3.63, 3.8) is 0 Å². The average Bonchev–Trinajstić information content (AvgIpc) is 2.67. The Hall–Kier alpha value is -1.34. The molecule has 1 amide bonds. The molecule has 0 aromatic heterocycles. The van der Waals surface area contributed by atoms with Crippen LogP contribution in [-0.4, -0.2) is 33.7 Å². The van der Waals surface area contributed by atoms with Crippen molar-refractivity contribution in [2.24, 2.45) is 5.92 Å². The minimum atomic E-state index is -4.60. The Labute approximate surface area is 121 Å². The second-order valence-corrected chi connectivity index (χ2v) is 6.44. The first-order valence-corrected chi connectivity index (χ1v) is 7.79. The maximum Gasteiger partial charge on any atom is 0.302 e. The van der Waals surface area contributed by atoms with Crippen LogP contribution in [0.1, 0.15) is 6.42 Å². The summed E-state index contributed by atoms with van der Waals surface area (Å²) in [5.41, 5.74) is 0.462. The van der Waals surface area contributed by atoms with Gasteiger partial charge in [0.1, 0.15) is 5.75 Å². The maximum atomic E-state index is 12.7. The molecular formula is C12H13ClFNO4S. The van der Waals surface area contributed by atoms with Gasteiger partial charge in [-0.2, -0.15) is 8.42 Å². The lowest BCUT2D eigenvalue weighted by atomic mass is 10.1. The number of ether oxygens (including phenoxy) is 1. The topological polar surface area (TPSA) is 63.7 Å². The molecule has 1 aromatic carbocycles. The molecule has 20 heavy (non-hydrogen) atoms. The summed E-state index contributed by atoms with van der Waals surface area (Å²) in [4.78, 5) is 13.3. The largest absolute Gasteiger partial charge is 0.495 e. The van der Waals surface area contributed by atoms with Crippen LogP contribution in [0.5, 0.6) is 5.75 Å². The average molecular weight is 322 g/mol. The second kappa shape index (κ2) is 5.57. The molecule has 1 heterocycles. The lowest BCUT2D eigenvalue weighted by Crippen LogP contribution is -2.25. The van der Waals surface area contributed by atoms with Gasteiger partial charge in [0.15, 0.2) is 0 Å². The highest BCUT2D eigenvalue weighted by molar-refractivity contribution is 7.86. The van der Waals surface area contributed by atoms with Gasteiger partial charge < -0.3 is 9.64 Å². The number of carbonyl (C=O) groups is 1. The molecule has 110 valence electrons. The first-order chi connectivity index (χ1) is 9.30. The van der Waals surface area contributed by atoms with Gasteiger partial charge in [-0.3, -0.25) is 4.79 Å². The van der Waals surface area contributed by atoms with Crippen molar-refractivity contribution in [2.45, 2.75) is 6.42 Å². The third-order valence-corrected chi connectivity index (χ3v) is 4.18. The van der Waals surface area contributed by atoms with Gasteiger partial charge in [0.2, 0.25) is 5.91 Å². The maximum absolute atomic E-state index is 12.7. The van der Waals surface area contributed by atoms with E-state index in [0.29, 0.717) is 16.5 Å². The van der Waals surface area contributed by atoms with E-state index in [1.165, 1.54) is 12.0 Å². The number of benzene rings is 1. The van der Waals surface area contributed by atoms with Gasteiger partial charge in [0.05, 0.1) is 18.6 Å². The molecule has 1 aliphatic heterocycles. The van der Waals surface area contributed by atoms with Gasteiger partial charge in [-0.05, 0) is 18.2 Å². The number of hydrogen-bond acceptors (Lipinski definition) is 4. The van der Waals surface area contributed by atoms with Crippen molar-refractivity contribution in [1.82, 2.24) is 0 Å². The first kappa shape index (κ1) is 15.1. The number of halogens is 2. The van der Waals surface area contributed by atoms with E-state index in [4.69, 9.17) is 16.3 Å². The molecule has 0 saturated carbocycles. The predicted molar refractivity (Wildman–Crippen MR) is 73.4 cm³/mol. The molecule has 0 N–H and O–H groups in total. The van der Waals surface area contributed by atoms with Gasteiger partial charge in [0, 0.05) is 23.9 Å². The van der Waals surface area contributed by atoms with Crippen LogP contribution in [-0.2, 0) is 15.0 Å². The van der Waals surface area contributed by atoms with E-state index in [9.17, 15) is 17.1 Å². The van der Waals surface area contributed by atoms with Crippen LogP contribution in [0.3, 0.4) is 0 Å². The monoisotopic (exact) mass is 321 g/mol. The Morgan fingerprint density at radius 2 is 2.20 bits per heavy atom. The number of amides is 1. The molecule has 1 aliphatic rings. The fourth-order valence-electron chi connectivity index (χ4n) is 2.28. The van der Waals surface area contributed by atoms with E-state index in [-0.39, 0.29) is 18.9 Å². The minimum Gasteiger partial charge on any atom is -0.495 e. The van der Waals surface area contributed by atoms with Crippen LogP contribution in [0.15, 0.2) is 18.2 Å². The lowest BCUT2D eigenvalue weighted by molar-refractivity contribution is -0.117. The lowest BCUT2D eigenvalue weighted by Gasteiger charge is -2.19. The van der Waals surface area contributed by atoms with Crippen LogP contribution in [0.4, 0.5) is 9.57 Å². The molecule has 2 rings (SSSR count). The Balaban J connectivity index is 2.26. The molecule has 0 radical (unpaired) electrons. The molecule has 0 bridgehead atoms. The molecule has 1 saturated heterocycles. The number of anilines is 1.